The average molecular weight is 471 g/mol. The van der Waals surface area contributed by atoms with Gasteiger partial charge in [-0.15, -0.1) is 6.58 Å². The topological polar surface area (TPSA) is 83.8 Å². The van der Waals surface area contributed by atoms with Crippen LogP contribution in [0, 0.1) is 4.77 Å². The number of fused-ring (bicyclic) bond motifs is 1. The van der Waals surface area contributed by atoms with Crippen molar-refractivity contribution in [2.24, 2.45) is 0 Å². The molecule has 0 fully saturated rings. The minimum Gasteiger partial charge on any atom is -0.494 e. The second kappa shape index (κ2) is 8.63. The quantitative estimate of drug-likeness (QED) is 0.305. The Bertz CT molecular complexity index is 1450. The summed E-state index contributed by atoms with van der Waals surface area (Å²) in [7, 11) is 0. The fourth-order valence-electron chi connectivity index (χ4n) is 3.30. The maximum atomic E-state index is 12.5. The Kier molecular flexibility index (Phi) is 5.91. The number of hydrogen-bond acceptors (Lipinski definition) is 5. The fraction of sp³-hybridized carbons (Fsp3) is 0.0909. The van der Waals surface area contributed by atoms with Crippen LogP contribution in [0.15, 0.2) is 59.9 Å². The van der Waals surface area contributed by atoms with Gasteiger partial charge in [0.1, 0.15) is 5.82 Å². The first-order chi connectivity index (χ1) is 14.9. The molecule has 4 aromatic rings. The van der Waals surface area contributed by atoms with Gasteiger partial charge in [0.15, 0.2) is 4.77 Å². The SMILES string of the molecule is C=CCn1c(O)c(Cc2nc(-c3ccccc3Cl)c3cc(Cl)ccc3n2)c(=O)[nH]c1=S. The van der Waals surface area contributed by atoms with Crippen LogP contribution in [0.2, 0.25) is 10.0 Å². The van der Waals surface area contributed by atoms with E-state index in [0.29, 0.717) is 32.6 Å². The van der Waals surface area contributed by atoms with E-state index in [1.165, 1.54) is 4.57 Å². The van der Waals surface area contributed by atoms with E-state index in [-0.39, 0.29) is 29.2 Å². The van der Waals surface area contributed by atoms with E-state index >= 15 is 0 Å². The minimum atomic E-state index is -0.498. The lowest BCUT2D eigenvalue weighted by Gasteiger charge is -2.13. The van der Waals surface area contributed by atoms with Crippen LogP contribution >= 0.6 is 35.4 Å². The van der Waals surface area contributed by atoms with Crippen molar-refractivity contribution in [1.82, 2.24) is 19.5 Å². The third-order valence-corrected chi connectivity index (χ3v) is 5.63. The largest absolute Gasteiger partial charge is 0.494 e. The minimum absolute atomic E-state index is 0.00998. The van der Waals surface area contributed by atoms with Gasteiger partial charge in [-0.1, -0.05) is 47.5 Å². The molecule has 0 aliphatic rings. The molecule has 0 atom stereocenters. The number of nitrogens with one attached hydrogen (secondary N) is 1. The molecule has 31 heavy (non-hydrogen) atoms. The van der Waals surface area contributed by atoms with Gasteiger partial charge in [-0.2, -0.15) is 0 Å². The van der Waals surface area contributed by atoms with Crippen molar-refractivity contribution in [2.45, 2.75) is 13.0 Å². The Labute approximate surface area is 192 Å². The number of aromatic hydroxyl groups is 1. The molecule has 156 valence electrons. The Hall–Kier alpha value is -3.00. The van der Waals surface area contributed by atoms with Crippen LogP contribution in [-0.4, -0.2) is 24.6 Å². The predicted molar refractivity (Wildman–Crippen MR) is 126 cm³/mol. The zero-order chi connectivity index (χ0) is 22.1. The zero-order valence-electron chi connectivity index (χ0n) is 16.1. The average Bonchev–Trinajstić information content (AvgIpc) is 2.74. The van der Waals surface area contributed by atoms with Gasteiger partial charge in [0.2, 0.25) is 5.88 Å². The number of aromatic nitrogens is 4. The summed E-state index contributed by atoms with van der Waals surface area (Å²) in [6.07, 6.45) is 1.56. The van der Waals surface area contributed by atoms with Gasteiger partial charge in [0.05, 0.1) is 16.8 Å². The number of halogens is 2. The second-order valence-corrected chi connectivity index (χ2v) is 8.00. The standard InChI is InChI=1S/C22H16Cl2N4O2S/c1-2-9-28-21(30)15(20(29)27-22(28)31)11-18-25-17-8-7-12(23)10-14(17)19(26-18)13-5-3-4-6-16(13)24/h2-8,10,30H,1,9,11H2,(H,27,29,31). The number of benzene rings is 2. The first kappa shape index (κ1) is 21.2. The van der Waals surface area contributed by atoms with E-state index < -0.39 is 5.56 Å². The normalized spacial score (nSPS) is 11.0. The summed E-state index contributed by atoms with van der Waals surface area (Å²) in [6, 6.07) is 12.6. The lowest BCUT2D eigenvalue weighted by atomic mass is 10.1. The molecule has 4 rings (SSSR count). The molecule has 0 aliphatic carbocycles. The number of allylic oxidation sites excluding steroid dienone is 1. The Balaban J connectivity index is 1.93. The van der Waals surface area contributed by atoms with Gasteiger partial charge < -0.3 is 5.11 Å². The van der Waals surface area contributed by atoms with E-state index in [1.807, 2.05) is 18.2 Å². The molecular weight excluding hydrogens is 455 g/mol. The Morgan fingerprint density at radius 2 is 1.97 bits per heavy atom. The summed E-state index contributed by atoms with van der Waals surface area (Å²) in [5, 5.41) is 12.4. The van der Waals surface area contributed by atoms with E-state index in [9.17, 15) is 9.90 Å². The fourth-order valence-corrected chi connectivity index (χ4v) is 3.95. The van der Waals surface area contributed by atoms with Crippen molar-refractivity contribution >= 4 is 46.3 Å². The number of hydrogen-bond donors (Lipinski definition) is 2. The van der Waals surface area contributed by atoms with Crippen LogP contribution < -0.4 is 5.56 Å². The highest BCUT2D eigenvalue weighted by Gasteiger charge is 2.17. The molecule has 2 aromatic heterocycles. The molecular formula is C22H16Cl2N4O2S. The van der Waals surface area contributed by atoms with Crippen molar-refractivity contribution in [3.05, 3.63) is 91.7 Å². The molecule has 0 saturated heterocycles. The van der Waals surface area contributed by atoms with Gasteiger partial charge in [-0.3, -0.25) is 14.3 Å². The van der Waals surface area contributed by atoms with Crippen LogP contribution in [0.25, 0.3) is 22.2 Å². The van der Waals surface area contributed by atoms with Crippen LogP contribution in [0.3, 0.4) is 0 Å². The highest BCUT2D eigenvalue weighted by Crippen LogP contribution is 2.33. The van der Waals surface area contributed by atoms with Crippen LogP contribution in [0.4, 0.5) is 0 Å². The molecule has 0 radical (unpaired) electrons. The molecule has 0 amide bonds. The molecule has 2 N–H and O–H groups in total. The Morgan fingerprint density at radius 3 is 2.71 bits per heavy atom. The number of H-pyrrole nitrogens is 1. The van der Waals surface area contributed by atoms with Gasteiger partial charge in [0.25, 0.3) is 5.56 Å². The van der Waals surface area contributed by atoms with Gasteiger partial charge in [-0.25, -0.2) is 9.97 Å². The van der Waals surface area contributed by atoms with Gasteiger partial charge >= 0.3 is 0 Å². The molecule has 2 aromatic carbocycles. The van der Waals surface area contributed by atoms with E-state index in [4.69, 9.17) is 35.4 Å². The van der Waals surface area contributed by atoms with Crippen molar-refractivity contribution in [3.8, 4) is 17.1 Å². The number of nitrogens with zero attached hydrogens (tertiary/aromatic N) is 3. The van der Waals surface area contributed by atoms with E-state index in [0.717, 1.165) is 5.39 Å². The summed E-state index contributed by atoms with van der Waals surface area (Å²) in [4.78, 5) is 24.3. The lowest BCUT2D eigenvalue weighted by Crippen LogP contribution is -2.20. The second-order valence-electron chi connectivity index (χ2n) is 6.77. The van der Waals surface area contributed by atoms with E-state index in [1.54, 1.807) is 30.3 Å². The first-order valence-corrected chi connectivity index (χ1v) is 10.4. The van der Waals surface area contributed by atoms with Gasteiger partial charge in [0, 0.05) is 34.0 Å². The summed E-state index contributed by atoms with van der Waals surface area (Å²) in [6.45, 7) is 3.90. The van der Waals surface area contributed by atoms with Crippen molar-refractivity contribution in [2.75, 3.05) is 0 Å². The van der Waals surface area contributed by atoms with Crippen LogP contribution in [-0.2, 0) is 13.0 Å². The first-order valence-electron chi connectivity index (χ1n) is 9.26. The monoisotopic (exact) mass is 470 g/mol. The third-order valence-electron chi connectivity index (χ3n) is 4.74. The number of aromatic amines is 1. The lowest BCUT2D eigenvalue weighted by molar-refractivity contribution is 0.407. The summed E-state index contributed by atoms with van der Waals surface area (Å²) >= 11 is 17.8. The molecule has 0 aliphatic heterocycles. The molecule has 0 bridgehead atoms. The molecule has 0 saturated carbocycles. The highest BCUT2D eigenvalue weighted by molar-refractivity contribution is 7.71. The summed E-state index contributed by atoms with van der Waals surface area (Å²) in [5.41, 5.74) is 1.54. The summed E-state index contributed by atoms with van der Waals surface area (Å²) in [5.74, 6) is 0.0977. The molecule has 9 heteroatoms. The molecule has 6 nitrogen and oxygen atoms in total. The third kappa shape index (κ3) is 4.12. The maximum absolute atomic E-state index is 12.5. The molecule has 0 spiro atoms. The van der Waals surface area contributed by atoms with Crippen molar-refractivity contribution < 1.29 is 5.11 Å². The Morgan fingerprint density at radius 1 is 1.19 bits per heavy atom. The summed E-state index contributed by atoms with van der Waals surface area (Å²) < 4.78 is 1.49. The van der Waals surface area contributed by atoms with Gasteiger partial charge in [-0.05, 0) is 36.5 Å². The van der Waals surface area contributed by atoms with E-state index in [2.05, 4.69) is 21.5 Å². The maximum Gasteiger partial charge on any atom is 0.259 e. The zero-order valence-corrected chi connectivity index (χ0v) is 18.4. The van der Waals surface area contributed by atoms with Crippen molar-refractivity contribution in [3.63, 3.8) is 0 Å². The highest BCUT2D eigenvalue weighted by atomic mass is 35.5. The van der Waals surface area contributed by atoms with Crippen LogP contribution in [0.1, 0.15) is 11.4 Å². The molecule has 0 unspecified atom stereocenters. The van der Waals surface area contributed by atoms with Crippen LogP contribution in [0.5, 0.6) is 5.88 Å². The smallest absolute Gasteiger partial charge is 0.259 e. The number of rotatable bonds is 5. The predicted octanol–water partition coefficient (Wildman–Crippen LogP) is 5.31. The molecule has 2 heterocycles. The van der Waals surface area contributed by atoms with Crippen molar-refractivity contribution in [1.29, 1.82) is 0 Å².